The Hall–Kier alpha value is -1.97. The van der Waals surface area contributed by atoms with Crippen LogP contribution in [0.3, 0.4) is 0 Å². The average molecular weight is 268 g/mol. The Labute approximate surface area is 118 Å². The van der Waals surface area contributed by atoms with Crippen LogP contribution >= 0.6 is 0 Å². The molecule has 0 aliphatic carbocycles. The van der Waals surface area contributed by atoms with E-state index in [0.29, 0.717) is 0 Å². The highest BCUT2D eigenvalue weighted by Gasteiger charge is 2.40. The standard InChI is InChI=1S/C17H16O3/c1-12(18)15-16(13-8-4-2-5-9-13)20-17(19-15)14-10-6-3-7-11-14/h2-11,15-17H,1H3/t15-,16-,17?/m1/s1. The summed E-state index contributed by atoms with van der Waals surface area (Å²) in [6, 6.07) is 19.4. The summed E-state index contributed by atoms with van der Waals surface area (Å²) in [4.78, 5) is 11.8. The summed E-state index contributed by atoms with van der Waals surface area (Å²) in [6.45, 7) is 1.54. The van der Waals surface area contributed by atoms with E-state index in [1.165, 1.54) is 6.92 Å². The fraction of sp³-hybridized carbons (Fsp3) is 0.235. The number of ketones is 1. The lowest BCUT2D eigenvalue weighted by molar-refractivity contribution is -0.129. The lowest BCUT2D eigenvalue weighted by Crippen LogP contribution is -2.23. The van der Waals surface area contributed by atoms with E-state index in [1.807, 2.05) is 60.7 Å². The van der Waals surface area contributed by atoms with Gasteiger partial charge in [-0.2, -0.15) is 0 Å². The van der Waals surface area contributed by atoms with Crippen molar-refractivity contribution in [1.82, 2.24) is 0 Å². The molecule has 3 heteroatoms. The Morgan fingerprint density at radius 2 is 1.40 bits per heavy atom. The van der Waals surface area contributed by atoms with Crippen molar-refractivity contribution in [1.29, 1.82) is 0 Å². The van der Waals surface area contributed by atoms with Crippen LogP contribution in [0.25, 0.3) is 0 Å². The molecule has 0 bridgehead atoms. The maximum Gasteiger partial charge on any atom is 0.185 e. The first-order valence-corrected chi connectivity index (χ1v) is 6.67. The molecule has 1 unspecified atom stereocenters. The molecule has 0 amide bonds. The number of ether oxygens (including phenoxy) is 2. The molecule has 1 saturated heterocycles. The highest BCUT2D eigenvalue weighted by molar-refractivity contribution is 5.81. The van der Waals surface area contributed by atoms with Gasteiger partial charge in [0.05, 0.1) is 0 Å². The van der Waals surface area contributed by atoms with Gasteiger partial charge in [0, 0.05) is 5.56 Å². The smallest absolute Gasteiger partial charge is 0.185 e. The monoisotopic (exact) mass is 268 g/mol. The second kappa shape index (κ2) is 5.57. The highest BCUT2D eigenvalue weighted by atomic mass is 16.7. The van der Waals surface area contributed by atoms with Crippen LogP contribution in [-0.4, -0.2) is 11.9 Å². The molecule has 3 atom stereocenters. The van der Waals surface area contributed by atoms with E-state index in [-0.39, 0.29) is 11.9 Å². The number of Topliss-reactive ketones (excluding diaryl/α,β-unsaturated/α-hetero) is 1. The molecule has 0 N–H and O–H groups in total. The minimum Gasteiger partial charge on any atom is -0.337 e. The van der Waals surface area contributed by atoms with E-state index in [4.69, 9.17) is 9.47 Å². The van der Waals surface area contributed by atoms with Crippen LogP contribution in [0.1, 0.15) is 30.4 Å². The largest absolute Gasteiger partial charge is 0.337 e. The number of carbonyl (C=O) groups is 1. The van der Waals surface area contributed by atoms with Crippen LogP contribution in [0.5, 0.6) is 0 Å². The SMILES string of the molecule is CC(=O)[C@H]1OC(c2ccccc2)O[C@@H]1c1ccccc1. The Kier molecular flexibility index (Phi) is 3.63. The normalized spacial score (nSPS) is 25.6. The maximum absolute atomic E-state index is 11.8. The zero-order chi connectivity index (χ0) is 13.9. The second-order valence-corrected chi connectivity index (χ2v) is 4.88. The third-order valence-electron chi connectivity index (χ3n) is 3.42. The Morgan fingerprint density at radius 3 is 1.95 bits per heavy atom. The minimum atomic E-state index is -0.553. The van der Waals surface area contributed by atoms with Gasteiger partial charge in [-0.05, 0) is 12.5 Å². The number of hydrogen-bond acceptors (Lipinski definition) is 3. The summed E-state index contributed by atoms with van der Waals surface area (Å²) in [7, 11) is 0. The molecule has 1 aliphatic heterocycles. The molecule has 3 rings (SSSR count). The van der Waals surface area contributed by atoms with Crippen LogP contribution in [0, 0.1) is 0 Å². The van der Waals surface area contributed by atoms with E-state index < -0.39 is 12.4 Å². The number of carbonyl (C=O) groups excluding carboxylic acids is 1. The molecule has 1 aliphatic rings. The van der Waals surface area contributed by atoms with Crippen molar-refractivity contribution < 1.29 is 14.3 Å². The van der Waals surface area contributed by atoms with Crippen molar-refractivity contribution in [3.63, 3.8) is 0 Å². The molecule has 102 valence electrons. The van der Waals surface area contributed by atoms with Crippen LogP contribution in [-0.2, 0) is 14.3 Å². The topological polar surface area (TPSA) is 35.5 Å². The molecule has 0 radical (unpaired) electrons. The number of benzene rings is 2. The van der Waals surface area contributed by atoms with Crippen LogP contribution in [0.15, 0.2) is 60.7 Å². The highest BCUT2D eigenvalue weighted by Crippen LogP contribution is 2.40. The van der Waals surface area contributed by atoms with Crippen molar-refractivity contribution in [3.05, 3.63) is 71.8 Å². The predicted octanol–water partition coefficient (Wildman–Crippen LogP) is 3.43. The fourth-order valence-corrected chi connectivity index (χ4v) is 2.41. The Morgan fingerprint density at radius 1 is 0.850 bits per heavy atom. The molecule has 0 aromatic heterocycles. The van der Waals surface area contributed by atoms with E-state index in [1.54, 1.807) is 0 Å². The van der Waals surface area contributed by atoms with Gasteiger partial charge in [0.15, 0.2) is 12.1 Å². The van der Waals surface area contributed by atoms with Crippen molar-refractivity contribution in [3.8, 4) is 0 Å². The van der Waals surface area contributed by atoms with Gasteiger partial charge in [-0.25, -0.2) is 0 Å². The molecule has 0 spiro atoms. The van der Waals surface area contributed by atoms with Gasteiger partial charge in [0.1, 0.15) is 12.2 Å². The molecule has 1 fully saturated rings. The van der Waals surface area contributed by atoms with Crippen LogP contribution < -0.4 is 0 Å². The lowest BCUT2D eigenvalue weighted by Gasteiger charge is -2.14. The third-order valence-corrected chi connectivity index (χ3v) is 3.42. The van der Waals surface area contributed by atoms with Gasteiger partial charge in [-0.15, -0.1) is 0 Å². The molecular formula is C17H16O3. The van der Waals surface area contributed by atoms with Crippen molar-refractivity contribution in [2.45, 2.75) is 25.4 Å². The first-order chi connectivity index (χ1) is 9.75. The summed E-state index contributed by atoms with van der Waals surface area (Å²) in [6.07, 6.45) is -1.39. The summed E-state index contributed by atoms with van der Waals surface area (Å²) in [5.74, 6) is -0.0164. The van der Waals surface area contributed by atoms with Crippen LogP contribution in [0.2, 0.25) is 0 Å². The van der Waals surface area contributed by atoms with Gasteiger partial charge in [-0.3, -0.25) is 4.79 Å². The van der Waals surface area contributed by atoms with Gasteiger partial charge < -0.3 is 9.47 Å². The molecule has 1 heterocycles. The summed E-state index contributed by atoms with van der Waals surface area (Å²) in [5, 5.41) is 0. The zero-order valence-corrected chi connectivity index (χ0v) is 11.2. The van der Waals surface area contributed by atoms with Gasteiger partial charge >= 0.3 is 0 Å². The number of hydrogen-bond donors (Lipinski definition) is 0. The average Bonchev–Trinajstić information content (AvgIpc) is 2.94. The molecular weight excluding hydrogens is 252 g/mol. The van der Waals surface area contributed by atoms with Crippen LogP contribution in [0.4, 0.5) is 0 Å². The quantitative estimate of drug-likeness (QED) is 0.855. The van der Waals surface area contributed by atoms with E-state index in [2.05, 4.69) is 0 Å². The zero-order valence-electron chi connectivity index (χ0n) is 11.2. The molecule has 2 aromatic carbocycles. The molecule has 0 saturated carbocycles. The minimum absolute atomic E-state index is 0.0164. The Balaban J connectivity index is 1.89. The van der Waals surface area contributed by atoms with Gasteiger partial charge in [-0.1, -0.05) is 60.7 Å². The first-order valence-electron chi connectivity index (χ1n) is 6.67. The predicted molar refractivity (Wildman–Crippen MR) is 75.0 cm³/mol. The van der Waals surface area contributed by atoms with Crippen molar-refractivity contribution in [2.24, 2.45) is 0 Å². The first kappa shape index (κ1) is 13.0. The summed E-state index contributed by atoms with van der Waals surface area (Å²) >= 11 is 0. The second-order valence-electron chi connectivity index (χ2n) is 4.88. The van der Waals surface area contributed by atoms with E-state index in [0.717, 1.165) is 11.1 Å². The van der Waals surface area contributed by atoms with E-state index >= 15 is 0 Å². The summed E-state index contributed by atoms with van der Waals surface area (Å²) < 4.78 is 11.8. The fourth-order valence-electron chi connectivity index (χ4n) is 2.41. The molecule has 2 aromatic rings. The Bertz CT molecular complexity index is 580. The van der Waals surface area contributed by atoms with Gasteiger partial charge in [0.2, 0.25) is 0 Å². The number of rotatable bonds is 3. The van der Waals surface area contributed by atoms with Crippen molar-refractivity contribution >= 4 is 5.78 Å². The maximum atomic E-state index is 11.8. The third kappa shape index (κ3) is 2.50. The van der Waals surface area contributed by atoms with Crippen molar-refractivity contribution in [2.75, 3.05) is 0 Å². The summed E-state index contributed by atoms with van der Waals surface area (Å²) in [5.41, 5.74) is 1.89. The van der Waals surface area contributed by atoms with Gasteiger partial charge in [0.25, 0.3) is 0 Å². The lowest BCUT2D eigenvalue weighted by atomic mass is 10.0. The van der Waals surface area contributed by atoms with E-state index in [9.17, 15) is 4.79 Å². The molecule has 3 nitrogen and oxygen atoms in total. The molecule has 20 heavy (non-hydrogen) atoms.